The number of halogens is 1. The van der Waals surface area contributed by atoms with E-state index in [9.17, 15) is 4.79 Å². The zero-order valence-corrected chi connectivity index (χ0v) is 12.2. The number of carbonyl (C=O) groups is 1. The Morgan fingerprint density at radius 1 is 1.47 bits per heavy atom. The van der Waals surface area contributed by atoms with Crippen molar-refractivity contribution in [3.8, 4) is 0 Å². The van der Waals surface area contributed by atoms with Crippen molar-refractivity contribution in [3.05, 3.63) is 22.8 Å². The summed E-state index contributed by atoms with van der Waals surface area (Å²) in [5.74, 6) is 0.603. The molecule has 4 nitrogen and oxygen atoms in total. The summed E-state index contributed by atoms with van der Waals surface area (Å²) in [5.41, 5.74) is 0.342. The average Bonchev–Trinajstić information content (AvgIpc) is 2.93. The Morgan fingerprint density at radius 3 is 2.79 bits per heavy atom. The lowest BCUT2D eigenvalue weighted by Gasteiger charge is -2.24. The van der Waals surface area contributed by atoms with Gasteiger partial charge in [0.2, 0.25) is 0 Å². The van der Waals surface area contributed by atoms with Gasteiger partial charge in [-0.2, -0.15) is 0 Å². The minimum Gasteiger partial charge on any atom is -0.370 e. The number of hydrogen-bond acceptors (Lipinski definition) is 3. The maximum atomic E-state index is 12.5. The van der Waals surface area contributed by atoms with Crippen molar-refractivity contribution in [2.45, 2.75) is 38.6 Å². The molecule has 0 atom stereocenters. The summed E-state index contributed by atoms with van der Waals surface area (Å²) < 4.78 is 0. The maximum Gasteiger partial charge on any atom is 0.274 e. The summed E-state index contributed by atoms with van der Waals surface area (Å²) in [7, 11) is 1.84. The lowest BCUT2D eigenvalue weighted by molar-refractivity contribution is 0.0729. The number of rotatable bonds is 4. The van der Waals surface area contributed by atoms with Crippen LogP contribution in [0.1, 0.15) is 43.1 Å². The monoisotopic (exact) mass is 281 g/mol. The van der Waals surface area contributed by atoms with Crippen molar-refractivity contribution in [2.75, 3.05) is 18.9 Å². The molecule has 1 saturated carbocycles. The van der Waals surface area contributed by atoms with Crippen LogP contribution in [0, 0.1) is 0 Å². The van der Waals surface area contributed by atoms with Crippen molar-refractivity contribution >= 4 is 23.3 Å². The minimum absolute atomic E-state index is 0.0864. The van der Waals surface area contributed by atoms with Gasteiger partial charge in [-0.3, -0.25) is 4.79 Å². The second kappa shape index (κ2) is 6.24. The standard InChI is InChI=1S/C14H20ClN3O/c1-3-16-12-9-8-11(15)13(17-12)14(19)18(2)10-6-4-5-7-10/h8-10H,3-7H2,1-2H3,(H,16,17). The molecular weight excluding hydrogens is 262 g/mol. The van der Waals surface area contributed by atoms with Crippen LogP contribution in [0.15, 0.2) is 12.1 Å². The Balaban J connectivity index is 2.19. The van der Waals surface area contributed by atoms with Gasteiger partial charge in [0.1, 0.15) is 11.5 Å². The number of nitrogens with one attached hydrogen (secondary N) is 1. The Bertz CT molecular complexity index is 458. The number of anilines is 1. The van der Waals surface area contributed by atoms with E-state index >= 15 is 0 Å². The molecule has 0 spiro atoms. The van der Waals surface area contributed by atoms with Gasteiger partial charge < -0.3 is 10.2 Å². The SMILES string of the molecule is CCNc1ccc(Cl)c(C(=O)N(C)C2CCCC2)n1. The van der Waals surface area contributed by atoms with E-state index in [0.29, 0.717) is 22.6 Å². The quantitative estimate of drug-likeness (QED) is 0.922. The normalized spacial score (nSPS) is 15.5. The number of amides is 1. The summed E-state index contributed by atoms with van der Waals surface area (Å²) in [6.07, 6.45) is 4.54. The molecule has 1 heterocycles. The third-order valence-electron chi connectivity index (χ3n) is 3.60. The van der Waals surface area contributed by atoms with Crippen LogP contribution in [-0.2, 0) is 0 Å². The number of carbonyl (C=O) groups excluding carboxylic acids is 1. The van der Waals surface area contributed by atoms with E-state index in [4.69, 9.17) is 11.6 Å². The second-order valence-electron chi connectivity index (χ2n) is 4.91. The molecule has 1 aromatic rings. The van der Waals surface area contributed by atoms with Gasteiger partial charge >= 0.3 is 0 Å². The largest absolute Gasteiger partial charge is 0.370 e. The zero-order valence-electron chi connectivity index (χ0n) is 11.4. The molecular formula is C14H20ClN3O. The molecule has 19 heavy (non-hydrogen) atoms. The molecule has 2 rings (SSSR count). The van der Waals surface area contributed by atoms with Gasteiger partial charge in [-0.25, -0.2) is 4.98 Å². The number of nitrogens with zero attached hydrogens (tertiary/aromatic N) is 2. The highest BCUT2D eigenvalue weighted by Gasteiger charge is 2.26. The van der Waals surface area contributed by atoms with Gasteiger partial charge in [-0.05, 0) is 31.9 Å². The molecule has 104 valence electrons. The molecule has 1 aliphatic carbocycles. The lowest BCUT2D eigenvalue weighted by atomic mass is 10.2. The second-order valence-corrected chi connectivity index (χ2v) is 5.32. The first-order chi connectivity index (χ1) is 9.13. The van der Waals surface area contributed by atoms with E-state index in [1.54, 1.807) is 17.0 Å². The highest BCUT2D eigenvalue weighted by atomic mass is 35.5. The van der Waals surface area contributed by atoms with Crippen LogP contribution in [0.25, 0.3) is 0 Å². The Morgan fingerprint density at radius 2 is 2.16 bits per heavy atom. The summed E-state index contributed by atoms with van der Waals surface area (Å²) in [4.78, 5) is 18.6. The maximum absolute atomic E-state index is 12.5. The summed E-state index contributed by atoms with van der Waals surface area (Å²) >= 11 is 6.10. The van der Waals surface area contributed by atoms with E-state index in [-0.39, 0.29) is 5.91 Å². The first-order valence-corrected chi connectivity index (χ1v) is 7.19. The molecule has 1 aliphatic rings. The van der Waals surface area contributed by atoms with Gasteiger partial charge in [0, 0.05) is 19.6 Å². The highest BCUT2D eigenvalue weighted by molar-refractivity contribution is 6.33. The van der Waals surface area contributed by atoms with Crippen LogP contribution >= 0.6 is 11.6 Å². The van der Waals surface area contributed by atoms with Crippen LogP contribution < -0.4 is 5.32 Å². The fraction of sp³-hybridized carbons (Fsp3) is 0.571. The van der Waals surface area contributed by atoms with Gasteiger partial charge in [0.05, 0.1) is 5.02 Å². The summed E-state index contributed by atoms with van der Waals surface area (Å²) in [6.45, 7) is 2.75. The predicted octanol–water partition coefficient (Wildman–Crippen LogP) is 3.18. The Kier molecular flexibility index (Phi) is 4.64. The van der Waals surface area contributed by atoms with E-state index in [1.165, 1.54) is 12.8 Å². The van der Waals surface area contributed by atoms with Crippen molar-refractivity contribution < 1.29 is 4.79 Å². The molecule has 5 heteroatoms. The first kappa shape index (κ1) is 14.1. The van der Waals surface area contributed by atoms with Crippen LogP contribution in [-0.4, -0.2) is 35.4 Å². The highest BCUT2D eigenvalue weighted by Crippen LogP contribution is 2.25. The molecule has 1 aromatic heterocycles. The minimum atomic E-state index is -0.0864. The van der Waals surface area contributed by atoms with Crippen LogP contribution in [0.2, 0.25) is 5.02 Å². The lowest BCUT2D eigenvalue weighted by Crippen LogP contribution is -2.35. The van der Waals surface area contributed by atoms with E-state index in [1.807, 2.05) is 14.0 Å². The number of pyridine rings is 1. The Labute approximate surface area is 119 Å². The van der Waals surface area contributed by atoms with Gasteiger partial charge in [0.15, 0.2) is 0 Å². The van der Waals surface area contributed by atoms with E-state index in [2.05, 4.69) is 10.3 Å². The molecule has 0 aliphatic heterocycles. The molecule has 0 aromatic carbocycles. The van der Waals surface area contributed by atoms with Crippen molar-refractivity contribution in [1.82, 2.24) is 9.88 Å². The molecule has 0 saturated heterocycles. The van der Waals surface area contributed by atoms with Crippen LogP contribution in [0.3, 0.4) is 0 Å². The fourth-order valence-corrected chi connectivity index (χ4v) is 2.68. The summed E-state index contributed by atoms with van der Waals surface area (Å²) in [5, 5.41) is 3.51. The van der Waals surface area contributed by atoms with Gasteiger partial charge in [0.25, 0.3) is 5.91 Å². The van der Waals surface area contributed by atoms with Crippen molar-refractivity contribution in [1.29, 1.82) is 0 Å². The summed E-state index contributed by atoms with van der Waals surface area (Å²) in [6, 6.07) is 3.84. The third-order valence-corrected chi connectivity index (χ3v) is 3.90. The van der Waals surface area contributed by atoms with Crippen LogP contribution in [0.4, 0.5) is 5.82 Å². The topological polar surface area (TPSA) is 45.2 Å². The Hall–Kier alpha value is -1.29. The smallest absolute Gasteiger partial charge is 0.274 e. The van der Waals surface area contributed by atoms with E-state index in [0.717, 1.165) is 19.4 Å². The van der Waals surface area contributed by atoms with Gasteiger partial charge in [-0.15, -0.1) is 0 Å². The molecule has 0 unspecified atom stereocenters. The molecule has 0 bridgehead atoms. The van der Waals surface area contributed by atoms with Crippen molar-refractivity contribution in [3.63, 3.8) is 0 Å². The molecule has 1 N–H and O–H groups in total. The van der Waals surface area contributed by atoms with Gasteiger partial charge in [-0.1, -0.05) is 24.4 Å². The van der Waals surface area contributed by atoms with Crippen LogP contribution in [0.5, 0.6) is 0 Å². The average molecular weight is 282 g/mol. The first-order valence-electron chi connectivity index (χ1n) is 6.81. The van der Waals surface area contributed by atoms with E-state index < -0.39 is 0 Å². The third kappa shape index (κ3) is 3.18. The predicted molar refractivity (Wildman–Crippen MR) is 77.8 cm³/mol. The molecule has 0 radical (unpaired) electrons. The number of aromatic nitrogens is 1. The number of hydrogen-bond donors (Lipinski definition) is 1. The molecule has 1 amide bonds. The fourth-order valence-electron chi connectivity index (χ4n) is 2.50. The zero-order chi connectivity index (χ0) is 13.8. The van der Waals surface area contributed by atoms with Crippen molar-refractivity contribution in [2.24, 2.45) is 0 Å². The molecule has 1 fully saturated rings.